The molecule has 0 heterocycles. The van der Waals surface area contributed by atoms with E-state index in [1.54, 1.807) is 20.8 Å². The number of amides is 1. The molecule has 68 valence electrons. The average Bonchev–Trinajstić information content (AvgIpc) is 1.84. The van der Waals surface area contributed by atoms with Crippen LogP contribution < -0.4 is 5.32 Å². The second kappa shape index (κ2) is 4.70. The van der Waals surface area contributed by atoms with E-state index < -0.39 is 0 Å². The molecular formula is C9H15NO2. The number of ketones is 1. The fraction of sp³-hybridized carbons (Fsp3) is 0.556. The number of rotatable bonds is 3. The normalized spacial score (nSPS) is 11.6. The van der Waals surface area contributed by atoms with Gasteiger partial charge in [0.25, 0.3) is 0 Å². The molecule has 1 N–H and O–H groups in total. The molecule has 0 aliphatic rings. The van der Waals surface area contributed by atoms with E-state index in [0.29, 0.717) is 5.70 Å². The van der Waals surface area contributed by atoms with Crippen molar-refractivity contribution in [3.63, 3.8) is 0 Å². The lowest BCUT2D eigenvalue weighted by Gasteiger charge is -2.06. The van der Waals surface area contributed by atoms with E-state index in [4.69, 9.17) is 0 Å². The van der Waals surface area contributed by atoms with Crippen molar-refractivity contribution in [3.8, 4) is 0 Å². The smallest absolute Gasteiger partial charge is 0.226 e. The zero-order chi connectivity index (χ0) is 9.72. The van der Waals surface area contributed by atoms with Gasteiger partial charge in [-0.05, 0) is 19.9 Å². The third-order valence-electron chi connectivity index (χ3n) is 1.26. The van der Waals surface area contributed by atoms with Crippen LogP contribution in [0.15, 0.2) is 11.8 Å². The van der Waals surface area contributed by atoms with Crippen LogP contribution in [0, 0.1) is 5.92 Å². The zero-order valence-electron chi connectivity index (χ0n) is 7.97. The van der Waals surface area contributed by atoms with Gasteiger partial charge >= 0.3 is 0 Å². The molecule has 0 bridgehead atoms. The summed E-state index contributed by atoms with van der Waals surface area (Å²) < 4.78 is 0. The van der Waals surface area contributed by atoms with E-state index in [1.165, 1.54) is 13.0 Å². The molecule has 3 heteroatoms. The van der Waals surface area contributed by atoms with Crippen LogP contribution >= 0.6 is 0 Å². The molecular weight excluding hydrogens is 154 g/mol. The van der Waals surface area contributed by atoms with Crippen molar-refractivity contribution in [2.75, 3.05) is 0 Å². The Hall–Kier alpha value is -1.12. The quantitative estimate of drug-likeness (QED) is 0.646. The molecule has 12 heavy (non-hydrogen) atoms. The van der Waals surface area contributed by atoms with Crippen LogP contribution in [-0.4, -0.2) is 11.7 Å². The van der Waals surface area contributed by atoms with Crippen molar-refractivity contribution in [2.45, 2.75) is 27.7 Å². The molecule has 0 aliphatic heterocycles. The minimum absolute atomic E-state index is 0.0553. The summed E-state index contributed by atoms with van der Waals surface area (Å²) in [4.78, 5) is 21.6. The Balaban J connectivity index is 4.09. The first-order chi connectivity index (χ1) is 5.43. The Morgan fingerprint density at radius 1 is 1.25 bits per heavy atom. The second-order valence-corrected chi connectivity index (χ2v) is 3.08. The monoisotopic (exact) mass is 169 g/mol. The number of allylic oxidation sites excluding steroid dienone is 2. The van der Waals surface area contributed by atoms with Crippen molar-refractivity contribution < 1.29 is 9.59 Å². The molecule has 0 rings (SSSR count). The molecule has 0 fully saturated rings. The summed E-state index contributed by atoms with van der Waals surface area (Å²) >= 11 is 0. The van der Waals surface area contributed by atoms with Gasteiger partial charge in [0.15, 0.2) is 5.78 Å². The van der Waals surface area contributed by atoms with Gasteiger partial charge in [0.1, 0.15) is 0 Å². The molecule has 0 spiro atoms. The van der Waals surface area contributed by atoms with Crippen LogP contribution in [0.4, 0.5) is 0 Å². The standard InChI is InChI=1S/C9H15NO2/c1-6(2)9(12)10-7(3)5-8(4)11/h5-6H,1-4H3,(H,10,12)/b7-5+. The third kappa shape index (κ3) is 4.66. The summed E-state index contributed by atoms with van der Waals surface area (Å²) in [5.41, 5.74) is 0.598. The fourth-order valence-corrected chi connectivity index (χ4v) is 0.680. The van der Waals surface area contributed by atoms with Gasteiger partial charge in [-0.25, -0.2) is 0 Å². The van der Waals surface area contributed by atoms with Crippen LogP contribution in [0.3, 0.4) is 0 Å². The molecule has 1 amide bonds. The number of carbonyl (C=O) groups is 2. The van der Waals surface area contributed by atoms with Gasteiger partial charge in [-0.1, -0.05) is 13.8 Å². The van der Waals surface area contributed by atoms with Crippen molar-refractivity contribution in [1.29, 1.82) is 0 Å². The van der Waals surface area contributed by atoms with E-state index in [0.717, 1.165) is 0 Å². The van der Waals surface area contributed by atoms with E-state index in [9.17, 15) is 9.59 Å². The highest BCUT2D eigenvalue weighted by atomic mass is 16.2. The van der Waals surface area contributed by atoms with Crippen LogP contribution in [0.2, 0.25) is 0 Å². The Morgan fingerprint density at radius 2 is 1.75 bits per heavy atom. The van der Waals surface area contributed by atoms with Gasteiger partial charge < -0.3 is 5.32 Å². The van der Waals surface area contributed by atoms with Gasteiger partial charge in [-0.3, -0.25) is 9.59 Å². The molecule has 0 aliphatic carbocycles. The third-order valence-corrected chi connectivity index (χ3v) is 1.26. The minimum Gasteiger partial charge on any atom is -0.330 e. The van der Waals surface area contributed by atoms with Gasteiger partial charge in [-0.2, -0.15) is 0 Å². The first-order valence-corrected chi connectivity index (χ1v) is 3.93. The fourth-order valence-electron chi connectivity index (χ4n) is 0.680. The van der Waals surface area contributed by atoms with Crippen LogP contribution in [-0.2, 0) is 9.59 Å². The largest absolute Gasteiger partial charge is 0.330 e. The Bertz CT molecular complexity index is 217. The summed E-state index contributed by atoms with van der Waals surface area (Å²) in [6.07, 6.45) is 1.40. The van der Waals surface area contributed by atoms with E-state index in [-0.39, 0.29) is 17.6 Å². The molecule has 0 radical (unpaired) electrons. The highest BCUT2D eigenvalue weighted by molar-refractivity contribution is 5.89. The van der Waals surface area contributed by atoms with E-state index >= 15 is 0 Å². The van der Waals surface area contributed by atoms with Crippen molar-refractivity contribution in [3.05, 3.63) is 11.8 Å². The molecule has 0 aromatic heterocycles. The number of hydrogen-bond donors (Lipinski definition) is 1. The number of nitrogens with one attached hydrogen (secondary N) is 1. The molecule has 3 nitrogen and oxygen atoms in total. The Morgan fingerprint density at radius 3 is 2.08 bits per heavy atom. The predicted octanol–water partition coefficient (Wildman–Crippen LogP) is 1.25. The van der Waals surface area contributed by atoms with E-state index in [1.807, 2.05) is 0 Å². The lowest BCUT2D eigenvalue weighted by Crippen LogP contribution is -2.26. The summed E-state index contributed by atoms with van der Waals surface area (Å²) in [7, 11) is 0. The highest BCUT2D eigenvalue weighted by Crippen LogP contribution is 1.94. The molecule has 0 saturated heterocycles. The Kier molecular flexibility index (Phi) is 4.26. The lowest BCUT2D eigenvalue weighted by atomic mass is 10.2. The zero-order valence-corrected chi connectivity index (χ0v) is 7.97. The summed E-state index contributed by atoms with van der Waals surface area (Å²) in [6, 6.07) is 0. The summed E-state index contributed by atoms with van der Waals surface area (Å²) in [6.45, 7) is 6.75. The predicted molar refractivity (Wildman–Crippen MR) is 47.4 cm³/mol. The maximum Gasteiger partial charge on any atom is 0.226 e. The van der Waals surface area contributed by atoms with Crippen molar-refractivity contribution in [2.24, 2.45) is 5.92 Å². The molecule has 0 aromatic carbocycles. The van der Waals surface area contributed by atoms with Gasteiger partial charge in [0.05, 0.1) is 0 Å². The lowest BCUT2D eigenvalue weighted by molar-refractivity contribution is -0.123. The Labute approximate surface area is 72.8 Å². The number of hydrogen-bond acceptors (Lipinski definition) is 2. The van der Waals surface area contributed by atoms with Crippen molar-refractivity contribution in [1.82, 2.24) is 5.32 Å². The van der Waals surface area contributed by atoms with E-state index in [2.05, 4.69) is 5.32 Å². The van der Waals surface area contributed by atoms with Gasteiger partial charge in [0.2, 0.25) is 5.91 Å². The topological polar surface area (TPSA) is 46.2 Å². The average molecular weight is 169 g/mol. The van der Waals surface area contributed by atoms with Crippen molar-refractivity contribution >= 4 is 11.7 Å². The molecule has 0 saturated carbocycles. The maximum absolute atomic E-state index is 11.1. The first kappa shape index (κ1) is 10.9. The summed E-state index contributed by atoms with van der Waals surface area (Å²) in [5.74, 6) is -0.179. The molecule has 0 unspecified atom stereocenters. The summed E-state index contributed by atoms with van der Waals surface area (Å²) in [5, 5.41) is 2.61. The van der Waals surface area contributed by atoms with Crippen LogP contribution in [0.1, 0.15) is 27.7 Å². The SMILES string of the molecule is CC(=O)/C=C(\C)NC(=O)C(C)C. The van der Waals surface area contributed by atoms with Gasteiger partial charge in [0, 0.05) is 11.6 Å². The minimum atomic E-state index is -0.0648. The maximum atomic E-state index is 11.1. The highest BCUT2D eigenvalue weighted by Gasteiger charge is 2.05. The first-order valence-electron chi connectivity index (χ1n) is 3.93. The second-order valence-electron chi connectivity index (χ2n) is 3.08. The van der Waals surface area contributed by atoms with Gasteiger partial charge in [-0.15, -0.1) is 0 Å². The molecule has 0 atom stereocenters. The van der Waals surface area contributed by atoms with Crippen LogP contribution in [0.5, 0.6) is 0 Å². The number of carbonyl (C=O) groups excluding carboxylic acids is 2. The molecule has 0 aromatic rings. The van der Waals surface area contributed by atoms with Crippen LogP contribution in [0.25, 0.3) is 0 Å².